The highest BCUT2D eigenvalue weighted by Crippen LogP contribution is 2.51. The highest BCUT2D eigenvalue weighted by Gasteiger charge is 2.46. The topological polar surface area (TPSA) is 91.9 Å². The van der Waals surface area contributed by atoms with Crippen molar-refractivity contribution in [3.63, 3.8) is 0 Å². The Morgan fingerprint density at radius 3 is 2.36 bits per heavy atom. The summed E-state index contributed by atoms with van der Waals surface area (Å²) in [5.74, 6) is -0.807. The molecule has 0 bridgehead atoms. The van der Waals surface area contributed by atoms with E-state index in [0.29, 0.717) is 17.7 Å². The third-order valence-electron chi connectivity index (χ3n) is 5.02. The zero-order valence-corrected chi connectivity index (χ0v) is 13.3. The average Bonchev–Trinajstić information content (AvgIpc) is 3.08. The summed E-state index contributed by atoms with van der Waals surface area (Å²) in [6, 6.07) is 0.846. The molecular weight excluding hydrogens is 305 g/mol. The van der Waals surface area contributed by atoms with E-state index in [1.807, 2.05) is 0 Å². The predicted molar refractivity (Wildman–Crippen MR) is 80.8 cm³/mol. The summed E-state index contributed by atoms with van der Waals surface area (Å²) < 4.78 is 11.1. The average molecular weight is 327 g/mol. The van der Waals surface area contributed by atoms with Crippen LogP contribution in [-0.2, 0) is 13.8 Å². The van der Waals surface area contributed by atoms with Crippen molar-refractivity contribution in [3.8, 4) is 0 Å². The number of carbonyl (C=O) groups excluding carboxylic acids is 1. The molecule has 0 radical (unpaired) electrons. The number of aliphatic hydroxyl groups is 1. The van der Waals surface area contributed by atoms with Crippen molar-refractivity contribution >= 4 is 14.3 Å². The number of nitrogens with one attached hydrogen (secondary N) is 3. The molecule has 2 saturated heterocycles. The van der Waals surface area contributed by atoms with Gasteiger partial charge in [0.25, 0.3) is 5.95 Å². The smallest absolute Gasteiger partial charge is 0.346 e. The number of carbonyl (C=O) groups is 1. The molecule has 7 nitrogen and oxygen atoms in total. The first-order valence-corrected chi connectivity index (χ1v) is 9.32. The first-order chi connectivity index (χ1) is 10.7. The van der Waals surface area contributed by atoms with Crippen molar-refractivity contribution in [1.82, 2.24) is 16.0 Å². The third-order valence-corrected chi connectivity index (χ3v) is 6.44. The molecule has 4 N–H and O–H groups in total. The third kappa shape index (κ3) is 2.60. The molecule has 0 aromatic carbocycles. The Balaban J connectivity index is 1.46. The fourth-order valence-corrected chi connectivity index (χ4v) is 5.27. The van der Waals surface area contributed by atoms with Gasteiger partial charge in [0.05, 0.1) is 0 Å². The summed E-state index contributed by atoms with van der Waals surface area (Å²) >= 11 is 0. The largest absolute Gasteiger partial charge is 0.480 e. The zero-order chi connectivity index (χ0) is 15.1. The molecule has 4 aliphatic rings. The molecule has 3 unspecified atom stereocenters. The lowest BCUT2D eigenvalue weighted by Gasteiger charge is -2.31. The molecule has 122 valence electrons. The molecule has 4 rings (SSSR count). The van der Waals surface area contributed by atoms with Crippen molar-refractivity contribution in [3.05, 3.63) is 11.5 Å². The van der Waals surface area contributed by atoms with E-state index in [1.54, 1.807) is 0 Å². The van der Waals surface area contributed by atoms with Crippen LogP contribution in [0.25, 0.3) is 0 Å². The molecule has 22 heavy (non-hydrogen) atoms. The highest BCUT2D eigenvalue weighted by atomic mass is 31.2. The maximum Gasteiger partial charge on any atom is 0.346 e. The van der Waals surface area contributed by atoms with E-state index >= 15 is 0 Å². The van der Waals surface area contributed by atoms with Crippen LogP contribution in [0.1, 0.15) is 32.1 Å². The van der Waals surface area contributed by atoms with E-state index in [1.165, 1.54) is 6.42 Å². The van der Waals surface area contributed by atoms with Crippen LogP contribution >= 0.6 is 8.38 Å². The number of fused-ring (bicyclic) bond motifs is 1. The molecule has 3 atom stereocenters. The Morgan fingerprint density at radius 1 is 1.05 bits per heavy atom. The highest BCUT2D eigenvalue weighted by molar-refractivity contribution is 7.48. The summed E-state index contributed by atoms with van der Waals surface area (Å²) in [4.78, 5) is 12.3. The predicted octanol–water partition coefficient (Wildman–Crippen LogP) is 1.04. The SMILES string of the molecule is O=C1OP(C2NC3CCCC3N2)OC(O)=C1C1CCNCC1. The monoisotopic (exact) mass is 327 g/mol. The van der Waals surface area contributed by atoms with Gasteiger partial charge in [-0.2, -0.15) is 0 Å². The molecule has 1 saturated carbocycles. The minimum Gasteiger partial charge on any atom is -0.480 e. The summed E-state index contributed by atoms with van der Waals surface area (Å²) in [5.41, 5.74) is 0.318. The van der Waals surface area contributed by atoms with Crippen LogP contribution in [-0.4, -0.2) is 42.2 Å². The number of piperidine rings is 1. The second-order valence-electron chi connectivity index (χ2n) is 6.38. The molecular formula is C14H22N3O4P. The maximum atomic E-state index is 12.3. The molecule has 3 aliphatic heterocycles. The Kier molecular flexibility index (Phi) is 3.98. The zero-order valence-electron chi connectivity index (χ0n) is 12.4. The molecule has 3 heterocycles. The van der Waals surface area contributed by atoms with Crippen molar-refractivity contribution in [2.75, 3.05) is 13.1 Å². The fraction of sp³-hybridized carbons (Fsp3) is 0.786. The lowest BCUT2D eigenvalue weighted by atomic mass is 9.90. The molecule has 0 aromatic heterocycles. The molecule has 0 aromatic rings. The van der Waals surface area contributed by atoms with Crippen LogP contribution < -0.4 is 16.0 Å². The van der Waals surface area contributed by atoms with Crippen LogP contribution in [0.3, 0.4) is 0 Å². The van der Waals surface area contributed by atoms with Crippen molar-refractivity contribution in [2.45, 2.75) is 50.1 Å². The van der Waals surface area contributed by atoms with Gasteiger partial charge >= 0.3 is 14.3 Å². The van der Waals surface area contributed by atoms with Gasteiger partial charge in [-0.3, -0.25) is 10.6 Å². The van der Waals surface area contributed by atoms with Gasteiger partial charge < -0.3 is 19.5 Å². The van der Waals surface area contributed by atoms with Crippen LogP contribution in [0.2, 0.25) is 0 Å². The van der Waals surface area contributed by atoms with E-state index < -0.39 is 14.3 Å². The molecule has 1 aliphatic carbocycles. The number of rotatable bonds is 2. The summed E-state index contributed by atoms with van der Waals surface area (Å²) in [5, 5.41) is 20.3. The van der Waals surface area contributed by atoms with Crippen LogP contribution in [0.15, 0.2) is 11.5 Å². The quantitative estimate of drug-likeness (QED) is 0.563. The minimum atomic E-state index is -1.52. The van der Waals surface area contributed by atoms with Crippen LogP contribution in [0.5, 0.6) is 0 Å². The first-order valence-electron chi connectivity index (χ1n) is 8.08. The molecule has 3 fully saturated rings. The van der Waals surface area contributed by atoms with E-state index in [-0.39, 0.29) is 17.8 Å². The molecule has 8 heteroatoms. The maximum absolute atomic E-state index is 12.3. The van der Waals surface area contributed by atoms with Gasteiger partial charge in [-0.05, 0) is 38.8 Å². The summed E-state index contributed by atoms with van der Waals surface area (Å²) in [6.45, 7) is 1.69. The van der Waals surface area contributed by atoms with Gasteiger partial charge in [0, 0.05) is 18.0 Å². The van der Waals surface area contributed by atoms with Crippen LogP contribution in [0.4, 0.5) is 0 Å². The second kappa shape index (κ2) is 5.96. The summed E-state index contributed by atoms with van der Waals surface area (Å²) in [7, 11) is -1.52. The number of hydrogen-bond donors (Lipinski definition) is 4. The Bertz CT molecular complexity index is 482. The van der Waals surface area contributed by atoms with Crippen molar-refractivity contribution in [2.24, 2.45) is 5.92 Å². The Hall–Kier alpha value is -0.880. The van der Waals surface area contributed by atoms with Crippen molar-refractivity contribution in [1.29, 1.82) is 0 Å². The van der Waals surface area contributed by atoms with Gasteiger partial charge in [0.15, 0.2) is 5.91 Å². The van der Waals surface area contributed by atoms with Gasteiger partial charge in [0.1, 0.15) is 5.57 Å². The van der Waals surface area contributed by atoms with E-state index in [9.17, 15) is 9.90 Å². The normalized spacial score (nSPS) is 39.5. The minimum absolute atomic E-state index is 0.0229. The second-order valence-corrected chi connectivity index (χ2v) is 7.83. The van der Waals surface area contributed by atoms with Crippen LogP contribution in [0, 0.1) is 5.92 Å². The molecule has 0 spiro atoms. The van der Waals surface area contributed by atoms with E-state index in [4.69, 9.17) is 9.05 Å². The van der Waals surface area contributed by atoms with Gasteiger partial charge in [-0.25, -0.2) is 4.79 Å². The van der Waals surface area contributed by atoms with Gasteiger partial charge in [0.2, 0.25) is 0 Å². The van der Waals surface area contributed by atoms with Crippen molar-refractivity contribution < 1.29 is 18.9 Å². The Morgan fingerprint density at radius 2 is 1.73 bits per heavy atom. The standard InChI is InChI=1S/C14H22N3O4P/c18-12-11(8-4-6-15-7-5-8)13(19)21-22(20-12)14-16-9-2-1-3-10(9)17-14/h8-10,14-18H,1-7H2. The van der Waals surface area contributed by atoms with E-state index in [2.05, 4.69) is 16.0 Å². The van der Waals surface area contributed by atoms with Gasteiger partial charge in [-0.1, -0.05) is 6.42 Å². The Labute approximate surface area is 130 Å². The first kappa shape index (κ1) is 14.7. The number of hydrogen-bond acceptors (Lipinski definition) is 7. The lowest BCUT2D eigenvalue weighted by molar-refractivity contribution is -0.132. The molecule has 0 amide bonds. The lowest BCUT2D eigenvalue weighted by Crippen LogP contribution is -2.37. The fourth-order valence-electron chi connectivity index (χ4n) is 3.86. The van der Waals surface area contributed by atoms with Gasteiger partial charge in [-0.15, -0.1) is 0 Å². The number of aliphatic hydroxyl groups excluding tert-OH is 1. The summed E-state index contributed by atoms with van der Waals surface area (Å²) in [6.07, 6.45) is 5.12. The van der Waals surface area contributed by atoms with E-state index in [0.717, 1.165) is 38.8 Å².